The van der Waals surface area contributed by atoms with Crippen LogP contribution >= 0.6 is 22.7 Å². The Kier molecular flexibility index (Phi) is 4.08. The van der Waals surface area contributed by atoms with Crippen molar-refractivity contribution < 1.29 is 0 Å². The minimum atomic E-state index is 0.0435. The Labute approximate surface area is 147 Å². The molecule has 4 nitrogen and oxygen atoms in total. The van der Waals surface area contributed by atoms with Crippen molar-refractivity contribution >= 4 is 34.4 Å². The van der Waals surface area contributed by atoms with E-state index in [0.29, 0.717) is 13.3 Å². The van der Waals surface area contributed by atoms with Crippen LogP contribution in [0.15, 0.2) is 51.6 Å². The molecule has 1 aromatic carbocycles. The summed E-state index contributed by atoms with van der Waals surface area (Å²) < 4.78 is 2.51. The molecule has 6 heteroatoms. The van der Waals surface area contributed by atoms with Gasteiger partial charge < -0.3 is 4.90 Å². The molecule has 0 N–H and O–H groups in total. The van der Waals surface area contributed by atoms with Crippen molar-refractivity contribution in [3.63, 3.8) is 0 Å². The van der Waals surface area contributed by atoms with Gasteiger partial charge >= 0.3 is 0 Å². The van der Waals surface area contributed by atoms with E-state index in [1.807, 2.05) is 23.6 Å². The molecule has 0 unspecified atom stereocenters. The Balaban J connectivity index is 1.68. The number of benzene rings is 1. The van der Waals surface area contributed by atoms with Gasteiger partial charge in [0.2, 0.25) is 0 Å². The smallest absolute Gasteiger partial charge is 0.271 e. The molecule has 0 bridgehead atoms. The van der Waals surface area contributed by atoms with Gasteiger partial charge in [0.25, 0.3) is 5.56 Å². The van der Waals surface area contributed by atoms with Crippen LogP contribution < -0.4 is 19.8 Å². The van der Waals surface area contributed by atoms with Crippen molar-refractivity contribution in [1.29, 1.82) is 0 Å². The first-order valence-corrected chi connectivity index (χ1v) is 9.57. The van der Waals surface area contributed by atoms with Gasteiger partial charge in [0, 0.05) is 10.6 Å². The molecule has 24 heavy (non-hydrogen) atoms. The zero-order chi connectivity index (χ0) is 16.5. The summed E-state index contributed by atoms with van der Waals surface area (Å²) in [6.45, 7) is 3.29. The Morgan fingerprint density at radius 1 is 1.25 bits per heavy atom. The lowest BCUT2D eigenvalue weighted by Gasteiger charge is -2.25. The van der Waals surface area contributed by atoms with Gasteiger partial charge in [-0.05, 0) is 41.6 Å². The highest BCUT2D eigenvalue weighted by atomic mass is 32.1. The lowest BCUT2D eigenvalue weighted by Crippen LogP contribution is -2.42. The van der Waals surface area contributed by atoms with E-state index in [1.54, 1.807) is 15.9 Å². The number of hydrogen-bond donors (Lipinski definition) is 0. The SMILES string of the molecule is CCc1ccc(N2CN=c3s/c(=C\c4cccs4)c(=O)n3C2)cc1. The van der Waals surface area contributed by atoms with Gasteiger partial charge in [0.15, 0.2) is 4.80 Å². The average molecular weight is 355 g/mol. The number of aromatic nitrogens is 1. The number of aryl methyl sites for hydroxylation is 1. The number of fused-ring (bicyclic) bond motifs is 1. The number of nitrogens with zero attached hydrogens (tertiary/aromatic N) is 3. The lowest BCUT2D eigenvalue weighted by atomic mass is 10.1. The molecule has 0 atom stereocenters. The molecular weight excluding hydrogens is 338 g/mol. The van der Waals surface area contributed by atoms with Crippen LogP contribution in [0.25, 0.3) is 6.08 Å². The molecule has 1 aliphatic heterocycles. The predicted molar refractivity (Wildman–Crippen MR) is 100 cm³/mol. The third-order valence-corrected chi connectivity index (χ3v) is 5.97. The van der Waals surface area contributed by atoms with E-state index >= 15 is 0 Å². The van der Waals surface area contributed by atoms with E-state index < -0.39 is 0 Å². The first kappa shape index (κ1) is 15.4. The molecule has 0 amide bonds. The van der Waals surface area contributed by atoms with Crippen LogP contribution in [0.2, 0.25) is 0 Å². The maximum absolute atomic E-state index is 12.7. The van der Waals surface area contributed by atoms with Crippen LogP contribution in [-0.4, -0.2) is 11.2 Å². The first-order valence-electron chi connectivity index (χ1n) is 7.88. The maximum Gasteiger partial charge on any atom is 0.271 e. The lowest BCUT2D eigenvalue weighted by molar-refractivity contribution is 0.569. The van der Waals surface area contributed by atoms with Gasteiger partial charge in [-0.3, -0.25) is 9.36 Å². The molecule has 0 spiro atoms. The zero-order valence-electron chi connectivity index (χ0n) is 13.3. The predicted octanol–water partition coefficient (Wildman–Crippen LogP) is 2.42. The second-order valence-corrected chi connectivity index (χ2v) is 7.63. The number of thiophene rings is 1. The highest BCUT2D eigenvalue weighted by Gasteiger charge is 2.15. The van der Waals surface area contributed by atoms with E-state index in [2.05, 4.69) is 41.1 Å². The van der Waals surface area contributed by atoms with Gasteiger partial charge in [0.05, 0.1) is 4.53 Å². The van der Waals surface area contributed by atoms with Gasteiger partial charge in [0.1, 0.15) is 13.3 Å². The number of hydrogen-bond acceptors (Lipinski definition) is 5. The zero-order valence-corrected chi connectivity index (χ0v) is 14.9. The fourth-order valence-electron chi connectivity index (χ4n) is 2.72. The quantitative estimate of drug-likeness (QED) is 0.724. The van der Waals surface area contributed by atoms with Gasteiger partial charge in [-0.2, -0.15) is 0 Å². The Morgan fingerprint density at radius 3 is 2.79 bits per heavy atom. The Morgan fingerprint density at radius 2 is 2.08 bits per heavy atom. The topological polar surface area (TPSA) is 37.6 Å². The van der Waals surface area contributed by atoms with Gasteiger partial charge in [-0.25, -0.2) is 4.99 Å². The fraction of sp³-hybridized carbons (Fsp3) is 0.222. The van der Waals surface area contributed by atoms with E-state index in [0.717, 1.165) is 26.3 Å². The molecule has 2 aromatic heterocycles. The summed E-state index contributed by atoms with van der Waals surface area (Å²) in [6, 6.07) is 12.5. The van der Waals surface area contributed by atoms with E-state index in [-0.39, 0.29) is 5.56 Å². The molecule has 4 rings (SSSR count). The third kappa shape index (κ3) is 2.83. The summed E-state index contributed by atoms with van der Waals surface area (Å²) in [7, 11) is 0. The van der Waals surface area contributed by atoms with Gasteiger partial charge in [-0.1, -0.05) is 36.5 Å². The van der Waals surface area contributed by atoms with Crippen LogP contribution in [0.1, 0.15) is 17.4 Å². The highest BCUT2D eigenvalue weighted by molar-refractivity contribution is 7.11. The third-order valence-electron chi connectivity index (χ3n) is 4.10. The first-order chi connectivity index (χ1) is 11.7. The van der Waals surface area contributed by atoms with Crippen LogP contribution in [-0.2, 0) is 13.1 Å². The number of anilines is 1. The van der Waals surface area contributed by atoms with Crippen molar-refractivity contribution in [2.24, 2.45) is 4.99 Å². The summed E-state index contributed by atoms with van der Waals surface area (Å²) in [5, 5.41) is 2.02. The van der Waals surface area contributed by atoms with E-state index in [1.165, 1.54) is 16.9 Å². The molecule has 0 aliphatic carbocycles. The monoisotopic (exact) mass is 355 g/mol. The molecule has 122 valence electrons. The largest absolute Gasteiger partial charge is 0.334 e. The molecule has 3 aromatic rings. The van der Waals surface area contributed by atoms with Crippen LogP contribution in [0.5, 0.6) is 0 Å². The second kappa shape index (κ2) is 6.37. The van der Waals surface area contributed by atoms with Crippen molar-refractivity contribution in [2.45, 2.75) is 20.0 Å². The van der Waals surface area contributed by atoms with E-state index in [9.17, 15) is 4.79 Å². The molecule has 0 radical (unpaired) electrons. The molecular formula is C18H17N3OS2. The second-order valence-electron chi connectivity index (χ2n) is 5.64. The number of thiazole rings is 1. The summed E-state index contributed by atoms with van der Waals surface area (Å²) in [6.07, 6.45) is 2.99. The van der Waals surface area contributed by atoms with Crippen LogP contribution in [0, 0.1) is 0 Å². The summed E-state index contributed by atoms with van der Waals surface area (Å²) in [5.41, 5.74) is 2.46. The minimum Gasteiger partial charge on any atom is -0.334 e. The molecule has 1 aliphatic rings. The fourth-order valence-corrected chi connectivity index (χ4v) is 4.41. The Hall–Kier alpha value is -2.18. The Bertz CT molecular complexity index is 1010. The van der Waals surface area contributed by atoms with Crippen LogP contribution in [0.4, 0.5) is 5.69 Å². The highest BCUT2D eigenvalue weighted by Crippen LogP contribution is 2.17. The maximum atomic E-state index is 12.7. The van der Waals surface area contributed by atoms with Crippen molar-refractivity contribution in [3.05, 3.63) is 71.9 Å². The molecule has 3 heterocycles. The molecule has 0 fully saturated rings. The van der Waals surface area contributed by atoms with Crippen molar-refractivity contribution in [2.75, 3.05) is 11.6 Å². The van der Waals surface area contributed by atoms with Crippen molar-refractivity contribution in [1.82, 2.24) is 4.57 Å². The average Bonchev–Trinajstić information content (AvgIpc) is 3.24. The normalized spacial score (nSPS) is 14.5. The van der Waals surface area contributed by atoms with Gasteiger partial charge in [-0.15, -0.1) is 11.3 Å². The molecule has 0 saturated heterocycles. The minimum absolute atomic E-state index is 0.0435. The van der Waals surface area contributed by atoms with Crippen molar-refractivity contribution in [3.8, 4) is 0 Å². The summed E-state index contributed by atoms with van der Waals surface area (Å²) in [5.74, 6) is 0. The molecule has 0 saturated carbocycles. The van der Waals surface area contributed by atoms with Crippen LogP contribution in [0.3, 0.4) is 0 Å². The van der Waals surface area contributed by atoms with E-state index in [4.69, 9.17) is 0 Å². The standard InChI is InChI=1S/C18H17N3OS2/c1-2-13-5-7-14(8-6-13)20-11-19-18-21(12-20)17(22)16(24-18)10-15-4-3-9-23-15/h3-10H,2,11-12H2,1H3/b16-10-. The summed E-state index contributed by atoms with van der Waals surface area (Å²) >= 11 is 3.11. The summed E-state index contributed by atoms with van der Waals surface area (Å²) in [4.78, 5) is 21.3. The number of rotatable bonds is 3.